The number of hydrogen-bond donors (Lipinski definition) is 3. The van der Waals surface area contributed by atoms with Crippen molar-refractivity contribution in [2.45, 2.75) is 26.2 Å². The molecule has 0 atom stereocenters. The third kappa shape index (κ3) is 4.79. The van der Waals surface area contributed by atoms with Crippen LogP contribution in [0.5, 0.6) is 5.75 Å². The highest BCUT2D eigenvalue weighted by atomic mass is 16.5. The molecule has 0 unspecified atom stereocenters. The van der Waals surface area contributed by atoms with Crippen LogP contribution in [0.2, 0.25) is 0 Å². The third-order valence-corrected chi connectivity index (χ3v) is 6.93. The molecular formula is C29H27N7O3. The SMILES string of the molecule is COc1cc2c(N)nccc2cc1CNC(=O)c1cn2c(n1)CNc1cc(Cn3ccccc3=O)ccc1C2. The number of nitrogens with zero attached hydrogens (tertiary/aromatic N) is 4. The van der Waals surface area contributed by atoms with Gasteiger partial charge < -0.3 is 30.2 Å². The molecule has 0 fully saturated rings. The van der Waals surface area contributed by atoms with E-state index in [-0.39, 0.29) is 18.0 Å². The molecule has 1 amide bonds. The summed E-state index contributed by atoms with van der Waals surface area (Å²) in [7, 11) is 1.58. The standard InChI is InChI=1S/C29H27N7O3/c1-39-25-12-22-19(7-8-31-28(22)30)11-21(25)13-33-29(38)24-17-36-16-20-6-5-18(10-23(20)32-14-26(36)34-24)15-35-9-3-2-4-27(35)37/h2-12,17,32H,13-16H2,1H3,(H2,30,31)(H,33,38). The molecule has 2 aromatic carbocycles. The quantitative estimate of drug-likeness (QED) is 0.313. The molecule has 0 saturated heterocycles. The van der Waals surface area contributed by atoms with Crippen molar-refractivity contribution >= 4 is 28.2 Å². The number of pyridine rings is 2. The van der Waals surface area contributed by atoms with Gasteiger partial charge >= 0.3 is 0 Å². The van der Waals surface area contributed by atoms with Crippen LogP contribution >= 0.6 is 0 Å². The second kappa shape index (κ2) is 9.97. The predicted molar refractivity (Wildman–Crippen MR) is 149 cm³/mol. The van der Waals surface area contributed by atoms with Crippen molar-refractivity contribution in [3.63, 3.8) is 0 Å². The Labute approximate surface area is 224 Å². The smallest absolute Gasteiger partial charge is 0.271 e. The van der Waals surface area contributed by atoms with E-state index in [1.54, 1.807) is 42.4 Å². The predicted octanol–water partition coefficient (Wildman–Crippen LogP) is 3.14. The Balaban J connectivity index is 1.17. The summed E-state index contributed by atoms with van der Waals surface area (Å²) in [5.41, 5.74) is 10.2. The zero-order valence-corrected chi connectivity index (χ0v) is 21.3. The highest BCUT2D eigenvalue weighted by molar-refractivity contribution is 5.94. The van der Waals surface area contributed by atoms with Crippen molar-refractivity contribution in [2.24, 2.45) is 0 Å². The number of fused-ring (bicyclic) bond motifs is 3. The number of carbonyl (C=O) groups excluding carboxylic acids is 1. The Bertz CT molecular complexity index is 1770. The minimum absolute atomic E-state index is 0.0348. The Morgan fingerprint density at radius 3 is 2.92 bits per heavy atom. The summed E-state index contributed by atoms with van der Waals surface area (Å²) < 4.78 is 9.19. The van der Waals surface area contributed by atoms with E-state index in [1.807, 2.05) is 34.9 Å². The van der Waals surface area contributed by atoms with Crippen LogP contribution < -0.4 is 26.7 Å². The lowest BCUT2D eigenvalue weighted by Crippen LogP contribution is -2.23. The van der Waals surface area contributed by atoms with Gasteiger partial charge in [-0.15, -0.1) is 0 Å². The van der Waals surface area contributed by atoms with Gasteiger partial charge in [0.2, 0.25) is 0 Å². The van der Waals surface area contributed by atoms with Crippen molar-refractivity contribution in [1.82, 2.24) is 24.4 Å². The minimum atomic E-state index is -0.268. The Morgan fingerprint density at radius 2 is 2.08 bits per heavy atom. The monoisotopic (exact) mass is 521 g/mol. The summed E-state index contributed by atoms with van der Waals surface area (Å²) in [5.74, 6) is 1.55. The fourth-order valence-electron chi connectivity index (χ4n) is 4.88. The Kier molecular flexibility index (Phi) is 6.20. The van der Waals surface area contributed by atoms with Crippen molar-refractivity contribution in [2.75, 3.05) is 18.2 Å². The van der Waals surface area contributed by atoms with Gasteiger partial charge in [-0.3, -0.25) is 9.59 Å². The first-order valence-corrected chi connectivity index (χ1v) is 12.5. The topological polar surface area (TPSA) is 129 Å². The van der Waals surface area contributed by atoms with Crippen LogP contribution in [0.25, 0.3) is 10.8 Å². The lowest BCUT2D eigenvalue weighted by molar-refractivity contribution is 0.0946. The van der Waals surface area contributed by atoms with Gasteiger partial charge in [-0.25, -0.2) is 9.97 Å². The van der Waals surface area contributed by atoms with Crippen LogP contribution in [0.3, 0.4) is 0 Å². The van der Waals surface area contributed by atoms with Gasteiger partial charge in [0.1, 0.15) is 23.1 Å². The molecule has 4 N–H and O–H groups in total. The van der Waals surface area contributed by atoms with E-state index in [4.69, 9.17) is 10.5 Å². The number of amides is 1. The number of methoxy groups -OCH3 is 1. The van der Waals surface area contributed by atoms with Gasteiger partial charge in [0.15, 0.2) is 0 Å². The Hall–Kier alpha value is -5.12. The molecule has 39 heavy (non-hydrogen) atoms. The van der Waals surface area contributed by atoms with Crippen LogP contribution in [-0.2, 0) is 26.2 Å². The number of imidazole rings is 1. The molecule has 10 nitrogen and oxygen atoms in total. The maximum atomic E-state index is 13.0. The molecule has 0 spiro atoms. The summed E-state index contributed by atoms with van der Waals surface area (Å²) in [6.07, 6.45) is 5.22. The van der Waals surface area contributed by atoms with Gasteiger partial charge in [-0.1, -0.05) is 18.2 Å². The van der Waals surface area contributed by atoms with Gasteiger partial charge in [-0.05, 0) is 46.8 Å². The molecular weight excluding hydrogens is 494 g/mol. The third-order valence-electron chi connectivity index (χ3n) is 6.93. The summed E-state index contributed by atoms with van der Waals surface area (Å²) in [5, 5.41) is 8.12. The number of hydrogen-bond acceptors (Lipinski definition) is 7. The Morgan fingerprint density at radius 1 is 1.18 bits per heavy atom. The largest absolute Gasteiger partial charge is 0.496 e. The van der Waals surface area contributed by atoms with Crippen LogP contribution in [-0.4, -0.2) is 32.1 Å². The van der Waals surface area contributed by atoms with E-state index >= 15 is 0 Å². The summed E-state index contributed by atoms with van der Waals surface area (Å²) in [4.78, 5) is 33.8. The first kappa shape index (κ1) is 24.2. The molecule has 1 aliphatic heterocycles. The molecule has 0 aliphatic carbocycles. The second-order valence-electron chi connectivity index (χ2n) is 9.45. The van der Waals surface area contributed by atoms with E-state index < -0.39 is 0 Å². The second-order valence-corrected chi connectivity index (χ2v) is 9.45. The maximum Gasteiger partial charge on any atom is 0.271 e. The number of anilines is 2. The normalized spacial score (nSPS) is 12.2. The first-order valence-electron chi connectivity index (χ1n) is 12.5. The van der Waals surface area contributed by atoms with Crippen molar-refractivity contribution in [3.05, 3.63) is 112 Å². The van der Waals surface area contributed by atoms with E-state index in [2.05, 4.69) is 32.7 Å². The molecule has 3 aromatic heterocycles. The van der Waals surface area contributed by atoms with Gasteiger partial charge in [0.25, 0.3) is 11.5 Å². The minimum Gasteiger partial charge on any atom is -0.496 e. The number of rotatable bonds is 6. The van der Waals surface area contributed by atoms with Gasteiger partial charge in [0.05, 0.1) is 26.7 Å². The molecule has 4 heterocycles. The van der Waals surface area contributed by atoms with Crippen molar-refractivity contribution < 1.29 is 9.53 Å². The molecule has 6 rings (SSSR count). The van der Waals surface area contributed by atoms with Crippen LogP contribution in [0.1, 0.15) is 33.0 Å². The van der Waals surface area contributed by atoms with E-state index in [9.17, 15) is 9.59 Å². The lowest BCUT2D eigenvalue weighted by atomic mass is 10.1. The molecule has 1 aliphatic rings. The molecule has 5 aromatic rings. The summed E-state index contributed by atoms with van der Waals surface area (Å²) in [6.45, 7) is 1.83. The van der Waals surface area contributed by atoms with E-state index in [0.717, 1.165) is 39.0 Å². The van der Waals surface area contributed by atoms with E-state index in [0.29, 0.717) is 36.9 Å². The number of ether oxygens (including phenoxy) is 1. The first-order chi connectivity index (χ1) is 19.0. The maximum absolute atomic E-state index is 13.0. The fourth-order valence-corrected chi connectivity index (χ4v) is 4.88. The lowest BCUT2D eigenvalue weighted by Gasteiger charge is -2.12. The number of aromatic nitrogens is 4. The van der Waals surface area contributed by atoms with Gasteiger partial charge in [0, 0.05) is 47.8 Å². The highest BCUT2D eigenvalue weighted by Crippen LogP contribution is 2.29. The zero-order chi connectivity index (χ0) is 26.9. The van der Waals surface area contributed by atoms with Crippen LogP contribution in [0.15, 0.2) is 78.0 Å². The number of nitrogens with two attached hydrogens (primary N) is 1. The highest BCUT2D eigenvalue weighted by Gasteiger charge is 2.19. The number of benzene rings is 2. The van der Waals surface area contributed by atoms with Crippen LogP contribution in [0.4, 0.5) is 11.5 Å². The number of nitrogen functional groups attached to an aromatic ring is 1. The average molecular weight is 522 g/mol. The molecule has 10 heteroatoms. The fraction of sp³-hybridized carbons (Fsp3) is 0.172. The molecule has 0 saturated carbocycles. The summed E-state index contributed by atoms with van der Waals surface area (Å²) in [6, 6.07) is 16.9. The molecule has 0 bridgehead atoms. The number of nitrogens with one attached hydrogen (secondary N) is 2. The van der Waals surface area contributed by atoms with Crippen molar-refractivity contribution in [1.29, 1.82) is 0 Å². The summed E-state index contributed by atoms with van der Waals surface area (Å²) >= 11 is 0. The average Bonchev–Trinajstić information content (AvgIpc) is 3.27. The molecule has 0 radical (unpaired) electrons. The zero-order valence-electron chi connectivity index (χ0n) is 21.3. The number of carbonyl (C=O) groups is 1. The van der Waals surface area contributed by atoms with E-state index in [1.165, 1.54) is 0 Å². The molecule has 196 valence electrons. The van der Waals surface area contributed by atoms with Crippen molar-refractivity contribution in [3.8, 4) is 5.75 Å². The van der Waals surface area contributed by atoms with Crippen LogP contribution in [0, 0.1) is 0 Å². The van der Waals surface area contributed by atoms with Gasteiger partial charge in [-0.2, -0.15) is 0 Å².